The number of benzene rings is 1. The Morgan fingerprint density at radius 1 is 1.47 bits per heavy atom. The van der Waals surface area contributed by atoms with Gasteiger partial charge in [-0.25, -0.2) is 4.79 Å². The number of hydrogen-bond acceptors (Lipinski definition) is 3. The number of hydrogen-bond donors (Lipinski definition) is 0. The molecule has 102 valence electrons. The fraction of sp³-hybridized carbons (Fsp3) is 0.385. The Hall–Kier alpha value is -1.07. The first kappa shape index (κ1) is 14.3. The molecule has 1 atom stereocenters. The van der Waals surface area contributed by atoms with Crippen molar-refractivity contribution in [2.75, 3.05) is 13.7 Å². The van der Waals surface area contributed by atoms with Gasteiger partial charge in [-0.1, -0.05) is 27.5 Å². The summed E-state index contributed by atoms with van der Waals surface area (Å²) >= 11 is 9.36. The summed E-state index contributed by atoms with van der Waals surface area (Å²) in [6.45, 7) is 0.547. The molecule has 0 radical (unpaired) electrons. The van der Waals surface area contributed by atoms with E-state index < -0.39 is 6.04 Å². The molecule has 1 fully saturated rings. The maximum absolute atomic E-state index is 12.4. The van der Waals surface area contributed by atoms with Crippen molar-refractivity contribution in [2.45, 2.75) is 18.9 Å². The average molecular weight is 347 g/mol. The first-order valence-electron chi connectivity index (χ1n) is 5.88. The Labute approximate surface area is 124 Å². The highest BCUT2D eigenvalue weighted by Crippen LogP contribution is 2.26. The molecule has 0 bridgehead atoms. The van der Waals surface area contributed by atoms with Gasteiger partial charge in [-0.05, 0) is 31.0 Å². The Morgan fingerprint density at radius 2 is 2.21 bits per heavy atom. The number of likely N-dealkylation sites (tertiary alicyclic amines) is 1. The van der Waals surface area contributed by atoms with E-state index in [-0.39, 0.29) is 11.9 Å². The van der Waals surface area contributed by atoms with Gasteiger partial charge in [0.2, 0.25) is 0 Å². The lowest BCUT2D eigenvalue weighted by atomic mass is 10.1. The minimum absolute atomic E-state index is 0.231. The highest BCUT2D eigenvalue weighted by Gasteiger charge is 2.35. The molecule has 1 heterocycles. The van der Waals surface area contributed by atoms with E-state index >= 15 is 0 Å². The standard InChI is InChI=1S/C13H13BrClNO3/c1-19-13(18)11-3-2-6-16(11)12(17)9-5-4-8(14)7-10(9)15/h4-5,7,11H,2-3,6H2,1H3. The number of esters is 1. The molecule has 1 amide bonds. The van der Waals surface area contributed by atoms with Gasteiger partial charge in [0.15, 0.2) is 0 Å². The molecule has 1 aliphatic heterocycles. The van der Waals surface area contributed by atoms with Gasteiger partial charge in [-0.2, -0.15) is 0 Å². The Kier molecular flexibility index (Phi) is 4.47. The van der Waals surface area contributed by atoms with Crippen molar-refractivity contribution >= 4 is 39.4 Å². The molecule has 0 aliphatic carbocycles. The van der Waals surface area contributed by atoms with Gasteiger partial charge in [0.1, 0.15) is 6.04 Å². The molecule has 0 spiro atoms. The average Bonchev–Trinajstić information content (AvgIpc) is 2.86. The lowest BCUT2D eigenvalue weighted by molar-refractivity contribution is -0.145. The molecule has 1 aliphatic rings. The number of nitrogens with zero attached hydrogens (tertiary/aromatic N) is 1. The predicted octanol–water partition coefficient (Wildman–Crippen LogP) is 2.88. The van der Waals surface area contributed by atoms with Crippen molar-refractivity contribution < 1.29 is 14.3 Å². The second kappa shape index (κ2) is 5.92. The molecule has 1 aromatic rings. The van der Waals surface area contributed by atoms with E-state index in [0.717, 1.165) is 10.9 Å². The van der Waals surface area contributed by atoms with Crippen LogP contribution in [0.15, 0.2) is 22.7 Å². The van der Waals surface area contributed by atoms with Crippen LogP contribution in [-0.2, 0) is 9.53 Å². The van der Waals surface area contributed by atoms with Crippen molar-refractivity contribution in [3.05, 3.63) is 33.3 Å². The van der Waals surface area contributed by atoms with Gasteiger partial charge in [0.05, 0.1) is 17.7 Å². The number of amides is 1. The van der Waals surface area contributed by atoms with Gasteiger partial charge in [-0.15, -0.1) is 0 Å². The van der Waals surface area contributed by atoms with E-state index in [9.17, 15) is 9.59 Å². The van der Waals surface area contributed by atoms with Crippen molar-refractivity contribution in [1.82, 2.24) is 4.90 Å². The van der Waals surface area contributed by atoms with Crippen LogP contribution in [0.1, 0.15) is 23.2 Å². The van der Waals surface area contributed by atoms with Crippen molar-refractivity contribution in [2.24, 2.45) is 0 Å². The van der Waals surface area contributed by atoms with Crippen LogP contribution in [0.2, 0.25) is 5.02 Å². The molecule has 1 saturated heterocycles. The summed E-state index contributed by atoms with van der Waals surface area (Å²) in [5, 5.41) is 0.370. The Bertz CT molecular complexity index is 521. The second-order valence-electron chi connectivity index (χ2n) is 4.30. The van der Waals surface area contributed by atoms with Crippen LogP contribution in [0.3, 0.4) is 0 Å². The summed E-state index contributed by atoms with van der Waals surface area (Å²) in [6, 6.07) is 4.57. The molecular formula is C13H13BrClNO3. The van der Waals surface area contributed by atoms with E-state index in [4.69, 9.17) is 16.3 Å². The molecule has 1 aromatic carbocycles. The number of rotatable bonds is 2. The fourth-order valence-electron chi connectivity index (χ4n) is 2.21. The van der Waals surface area contributed by atoms with E-state index in [2.05, 4.69) is 15.9 Å². The fourth-order valence-corrected chi connectivity index (χ4v) is 2.96. The van der Waals surface area contributed by atoms with Crippen molar-refractivity contribution in [3.8, 4) is 0 Å². The zero-order valence-electron chi connectivity index (χ0n) is 10.4. The smallest absolute Gasteiger partial charge is 0.328 e. The van der Waals surface area contributed by atoms with Gasteiger partial charge in [-0.3, -0.25) is 4.79 Å². The Balaban J connectivity index is 2.25. The van der Waals surface area contributed by atoms with E-state index in [1.165, 1.54) is 12.0 Å². The van der Waals surface area contributed by atoms with Crippen LogP contribution in [-0.4, -0.2) is 36.5 Å². The van der Waals surface area contributed by atoms with E-state index in [1.54, 1.807) is 18.2 Å². The number of carbonyl (C=O) groups excluding carboxylic acids is 2. The number of carbonyl (C=O) groups is 2. The molecule has 1 unspecified atom stereocenters. The highest BCUT2D eigenvalue weighted by molar-refractivity contribution is 9.10. The molecule has 0 N–H and O–H groups in total. The summed E-state index contributed by atoms with van der Waals surface area (Å²) in [7, 11) is 1.33. The third kappa shape index (κ3) is 2.92. The van der Waals surface area contributed by atoms with Crippen molar-refractivity contribution in [3.63, 3.8) is 0 Å². The predicted molar refractivity (Wildman–Crippen MR) is 75.2 cm³/mol. The van der Waals surface area contributed by atoms with Crippen molar-refractivity contribution in [1.29, 1.82) is 0 Å². The highest BCUT2D eigenvalue weighted by atomic mass is 79.9. The van der Waals surface area contributed by atoms with Crippen LogP contribution in [0.4, 0.5) is 0 Å². The summed E-state index contributed by atoms with van der Waals surface area (Å²) in [4.78, 5) is 25.6. The first-order chi connectivity index (χ1) is 9.04. The molecule has 0 aromatic heterocycles. The lowest BCUT2D eigenvalue weighted by Crippen LogP contribution is -2.41. The molecule has 0 saturated carbocycles. The normalized spacial score (nSPS) is 18.5. The van der Waals surface area contributed by atoms with Crippen LogP contribution in [0.5, 0.6) is 0 Å². The molecule has 2 rings (SSSR count). The topological polar surface area (TPSA) is 46.6 Å². The first-order valence-corrected chi connectivity index (χ1v) is 7.05. The van der Waals surface area contributed by atoms with Crippen LogP contribution in [0, 0.1) is 0 Å². The molecular weight excluding hydrogens is 334 g/mol. The molecule has 4 nitrogen and oxygen atoms in total. The largest absolute Gasteiger partial charge is 0.467 e. The summed E-state index contributed by atoms with van der Waals surface area (Å²) in [6.07, 6.45) is 1.42. The number of halogens is 2. The maximum Gasteiger partial charge on any atom is 0.328 e. The summed E-state index contributed by atoms with van der Waals surface area (Å²) in [5.74, 6) is -0.607. The molecule has 6 heteroatoms. The summed E-state index contributed by atoms with van der Waals surface area (Å²) < 4.78 is 5.53. The maximum atomic E-state index is 12.4. The minimum atomic E-state index is -0.503. The minimum Gasteiger partial charge on any atom is -0.467 e. The zero-order valence-corrected chi connectivity index (χ0v) is 12.7. The van der Waals surface area contributed by atoms with E-state index in [1.807, 2.05) is 0 Å². The van der Waals surface area contributed by atoms with Crippen LogP contribution in [0.25, 0.3) is 0 Å². The van der Waals surface area contributed by atoms with Gasteiger partial charge in [0, 0.05) is 11.0 Å². The Morgan fingerprint density at radius 3 is 2.84 bits per heavy atom. The van der Waals surface area contributed by atoms with E-state index in [0.29, 0.717) is 23.6 Å². The monoisotopic (exact) mass is 345 g/mol. The third-order valence-corrected chi connectivity index (χ3v) is 3.95. The number of methoxy groups -OCH3 is 1. The van der Waals surface area contributed by atoms with Gasteiger partial charge in [0.25, 0.3) is 5.91 Å². The third-order valence-electron chi connectivity index (χ3n) is 3.15. The van der Waals surface area contributed by atoms with Crippen LogP contribution < -0.4 is 0 Å². The summed E-state index contributed by atoms with van der Waals surface area (Å²) in [5.41, 5.74) is 0.403. The van der Waals surface area contributed by atoms with Gasteiger partial charge < -0.3 is 9.64 Å². The second-order valence-corrected chi connectivity index (χ2v) is 5.63. The quantitative estimate of drug-likeness (QED) is 0.774. The number of ether oxygens (including phenoxy) is 1. The van der Waals surface area contributed by atoms with Crippen LogP contribution >= 0.6 is 27.5 Å². The lowest BCUT2D eigenvalue weighted by Gasteiger charge is -2.23. The molecule has 19 heavy (non-hydrogen) atoms. The van der Waals surface area contributed by atoms with Gasteiger partial charge >= 0.3 is 5.97 Å². The SMILES string of the molecule is COC(=O)C1CCCN1C(=O)c1ccc(Br)cc1Cl. The zero-order chi connectivity index (χ0) is 14.0.